The van der Waals surface area contributed by atoms with Gasteiger partial charge >= 0.3 is 0 Å². The summed E-state index contributed by atoms with van der Waals surface area (Å²) in [5, 5.41) is 3.65. The summed E-state index contributed by atoms with van der Waals surface area (Å²) in [4.78, 5) is 28.2. The summed E-state index contributed by atoms with van der Waals surface area (Å²) < 4.78 is 28.5. The highest BCUT2D eigenvalue weighted by Crippen LogP contribution is 2.33. The fourth-order valence-corrected chi connectivity index (χ4v) is 5.87. The number of nitrogens with zero attached hydrogens (tertiary/aromatic N) is 2. The average Bonchev–Trinajstić information content (AvgIpc) is 2.90. The van der Waals surface area contributed by atoms with Crippen LogP contribution < -0.4 is 9.62 Å². The highest BCUT2D eigenvalue weighted by Gasteiger charge is 2.33. The molecule has 208 valence electrons. The molecule has 3 aromatic rings. The minimum Gasteiger partial charge on any atom is -0.354 e. The third kappa shape index (κ3) is 8.11. The van der Waals surface area contributed by atoms with Crippen LogP contribution >= 0.6 is 34.8 Å². The second-order valence-electron chi connectivity index (χ2n) is 9.39. The fraction of sp³-hybridized carbons (Fsp3) is 0.286. The van der Waals surface area contributed by atoms with E-state index in [0.29, 0.717) is 17.1 Å². The molecule has 1 unspecified atom stereocenters. The van der Waals surface area contributed by atoms with Crippen molar-refractivity contribution >= 4 is 62.3 Å². The number of amides is 2. The van der Waals surface area contributed by atoms with Gasteiger partial charge in [-0.1, -0.05) is 79.0 Å². The minimum absolute atomic E-state index is 0.0260. The lowest BCUT2D eigenvalue weighted by Crippen LogP contribution is -2.51. The predicted molar refractivity (Wildman–Crippen MR) is 157 cm³/mol. The lowest BCUT2D eigenvalue weighted by Gasteiger charge is -2.32. The summed E-state index contributed by atoms with van der Waals surface area (Å²) in [5.74, 6) is -0.773. The van der Waals surface area contributed by atoms with Gasteiger partial charge in [-0.25, -0.2) is 8.42 Å². The van der Waals surface area contributed by atoms with Gasteiger partial charge in [-0.2, -0.15) is 0 Å². The maximum atomic E-state index is 13.9. The lowest BCUT2D eigenvalue weighted by atomic mass is 10.1. The number of sulfonamides is 1. The Morgan fingerprint density at radius 3 is 2.18 bits per heavy atom. The van der Waals surface area contributed by atoms with Crippen LogP contribution in [0.25, 0.3) is 0 Å². The smallest absolute Gasteiger partial charge is 0.264 e. The molecule has 39 heavy (non-hydrogen) atoms. The maximum Gasteiger partial charge on any atom is 0.264 e. The standard InChI is InChI=1S/C28H30Cl3N3O4S/c1-19(2)16-32-28(36)20(3)33(17-21-8-7-9-22(29)14-21)27(35)18-34(26-15-23(30)12-13-25(26)31)39(37,38)24-10-5-4-6-11-24/h4-15,19-20H,16-18H2,1-3H3,(H,32,36). The molecule has 1 atom stereocenters. The first-order valence-electron chi connectivity index (χ1n) is 12.2. The molecule has 1 N–H and O–H groups in total. The molecule has 11 heteroatoms. The molecule has 3 rings (SSSR count). The number of nitrogens with one attached hydrogen (secondary N) is 1. The minimum atomic E-state index is -4.25. The highest BCUT2D eigenvalue weighted by molar-refractivity contribution is 7.92. The largest absolute Gasteiger partial charge is 0.354 e. The van der Waals surface area contributed by atoms with Gasteiger partial charge in [-0.15, -0.1) is 0 Å². The van der Waals surface area contributed by atoms with Gasteiger partial charge in [0.25, 0.3) is 10.0 Å². The van der Waals surface area contributed by atoms with Gasteiger partial charge in [-0.05, 0) is 60.9 Å². The van der Waals surface area contributed by atoms with Crippen LogP contribution in [0, 0.1) is 5.92 Å². The first kappa shape index (κ1) is 30.8. The third-order valence-electron chi connectivity index (χ3n) is 5.88. The van der Waals surface area contributed by atoms with Crippen LogP contribution in [0.5, 0.6) is 0 Å². The summed E-state index contributed by atoms with van der Waals surface area (Å²) in [6.07, 6.45) is 0. The topological polar surface area (TPSA) is 86.8 Å². The first-order chi connectivity index (χ1) is 18.4. The second kappa shape index (κ2) is 13.5. The molecule has 0 aliphatic carbocycles. The number of halogens is 3. The molecule has 0 aromatic heterocycles. The van der Waals surface area contributed by atoms with Crippen molar-refractivity contribution in [3.05, 3.63) is 93.4 Å². The van der Waals surface area contributed by atoms with Crippen LogP contribution in [0.4, 0.5) is 5.69 Å². The van der Waals surface area contributed by atoms with Crippen LogP contribution in [-0.4, -0.2) is 44.3 Å². The summed E-state index contributed by atoms with van der Waals surface area (Å²) in [6.45, 7) is 5.34. The van der Waals surface area contributed by atoms with Gasteiger partial charge in [0, 0.05) is 23.1 Å². The van der Waals surface area contributed by atoms with Crippen LogP contribution in [-0.2, 0) is 26.2 Å². The fourth-order valence-electron chi connectivity index (χ4n) is 3.78. The van der Waals surface area contributed by atoms with Crippen LogP contribution in [0.1, 0.15) is 26.3 Å². The van der Waals surface area contributed by atoms with E-state index in [9.17, 15) is 18.0 Å². The predicted octanol–water partition coefficient (Wildman–Crippen LogP) is 6.03. The molecule has 7 nitrogen and oxygen atoms in total. The number of hydrogen-bond donors (Lipinski definition) is 1. The van der Waals surface area contributed by atoms with Crippen LogP contribution in [0.2, 0.25) is 15.1 Å². The number of benzene rings is 3. The maximum absolute atomic E-state index is 13.9. The quantitative estimate of drug-likeness (QED) is 0.287. The molecule has 2 amide bonds. The van der Waals surface area contributed by atoms with Gasteiger partial charge in [0.15, 0.2) is 0 Å². The zero-order valence-electron chi connectivity index (χ0n) is 21.8. The SMILES string of the molecule is CC(C)CNC(=O)C(C)N(Cc1cccc(Cl)c1)C(=O)CN(c1cc(Cl)ccc1Cl)S(=O)(=O)c1ccccc1. The van der Waals surface area contributed by atoms with Crippen molar-refractivity contribution in [3.8, 4) is 0 Å². The third-order valence-corrected chi connectivity index (χ3v) is 8.44. The number of hydrogen-bond acceptors (Lipinski definition) is 4. The van der Waals surface area contributed by atoms with E-state index < -0.39 is 28.5 Å². The molecule has 0 spiro atoms. The molecule has 0 saturated carbocycles. The van der Waals surface area contributed by atoms with Crippen molar-refractivity contribution < 1.29 is 18.0 Å². The summed E-state index contributed by atoms with van der Waals surface area (Å²) in [6, 6.07) is 18.1. The number of rotatable bonds is 11. The van der Waals surface area contributed by atoms with Crippen molar-refractivity contribution in [1.29, 1.82) is 0 Å². The molecule has 0 aliphatic rings. The van der Waals surface area contributed by atoms with E-state index in [1.54, 1.807) is 49.4 Å². The van der Waals surface area contributed by atoms with E-state index in [1.165, 1.54) is 35.2 Å². The Bertz CT molecular complexity index is 1420. The van der Waals surface area contributed by atoms with E-state index >= 15 is 0 Å². The Kier molecular flexibility index (Phi) is 10.7. The summed E-state index contributed by atoms with van der Waals surface area (Å²) in [7, 11) is -4.25. The average molecular weight is 611 g/mol. The van der Waals surface area contributed by atoms with Crippen LogP contribution in [0.15, 0.2) is 77.7 Å². The number of anilines is 1. The van der Waals surface area contributed by atoms with Gasteiger partial charge in [0.1, 0.15) is 12.6 Å². The van der Waals surface area contributed by atoms with E-state index in [1.807, 2.05) is 13.8 Å². The van der Waals surface area contributed by atoms with Crippen molar-refractivity contribution in [1.82, 2.24) is 10.2 Å². The Morgan fingerprint density at radius 2 is 1.54 bits per heavy atom. The molecular formula is C28H30Cl3N3O4S. The van der Waals surface area contributed by atoms with Gasteiger partial charge in [0.05, 0.1) is 15.6 Å². The Morgan fingerprint density at radius 1 is 0.872 bits per heavy atom. The Hall–Kier alpha value is -2.78. The summed E-state index contributed by atoms with van der Waals surface area (Å²) >= 11 is 18.8. The van der Waals surface area contributed by atoms with Crippen molar-refractivity contribution in [2.24, 2.45) is 5.92 Å². The van der Waals surface area contributed by atoms with Crippen molar-refractivity contribution in [2.75, 3.05) is 17.4 Å². The number of carbonyl (C=O) groups is 2. The summed E-state index contributed by atoms with van der Waals surface area (Å²) in [5.41, 5.74) is 0.721. The Labute approximate surface area is 244 Å². The van der Waals surface area contributed by atoms with E-state index in [0.717, 1.165) is 4.31 Å². The lowest BCUT2D eigenvalue weighted by molar-refractivity contribution is -0.139. The van der Waals surface area contributed by atoms with E-state index in [2.05, 4.69) is 5.32 Å². The molecule has 0 bridgehead atoms. The molecule has 0 radical (unpaired) electrons. The second-order valence-corrected chi connectivity index (χ2v) is 12.5. The van der Waals surface area contributed by atoms with Gasteiger partial charge in [-0.3, -0.25) is 13.9 Å². The van der Waals surface area contributed by atoms with Crippen LogP contribution in [0.3, 0.4) is 0 Å². The zero-order chi connectivity index (χ0) is 28.7. The molecule has 0 saturated heterocycles. The van der Waals surface area contributed by atoms with Crippen molar-refractivity contribution in [2.45, 2.75) is 38.3 Å². The highest BCUT2D eigenvalue weighted by atomic mass is 35.5. The molecule has 3 aromatic carbocycles. The van der Waals surface area contributed by atoms with E-state index in [-0.39, 0.29) is 39.0 Å². The van der Waals surface area contributed by atoms with E-state index in [4.69, 9.17) is 34.8 Å². The Balaban J connectivity index is 2.04. The van der Waals surface area contributed by atoms with Gasteiger partial charge in [0.2, 0.25) is 11.8 Å². The normalized spacial score (nSPS) is 12.2. The van der Waals surface area contributed by atoms with Gasteiger partial charge < -0.3 is 10.2 Å². The first-order valence-corrected chi connectivity index (χ1v) is 14.8. The molecular weight excluding hydrogens is 581 g/mol. The molecule has 0 heterocycles. The van der Waals surface area contributed by atoms with Crippen molar-refractivity contribution in [3.63, 3.8) is 0 Å². The zero-order valence-corrected chi connectivity index (χ0v) is 24.9. The molecule has 0 aliphatic heterocycles. The molecule has 0 fully saturated rings. The monoisotopic (exact) mass is 609 g/mol. The number of carbonyl (C=O) groups excluding carboxylic acids is 2.